The van der Waals surface area contributed by atoms with Crippen LogP contribution in [-0.2, 0) is 24.1 Å². The fourth-order valence-corrected chi connectivity index (χ4v) is 4.89. The van der Waals surface area contributed by atoms with Gasteiger partial charge in [-0.2, -0.15) is 13.2 Å². The molecule has 2 aromatic carbocycles. The lowest BCUT2D eigenvalue weighted by molar-refractivity contribution is -0.137. The molecule has 2 atom stereocenters. The van der Waals surface area contributed by atoms with Crippen molar-refractivity contribution in [2.45, 2.75) is 44.4 Å². The standard InChI is InChI=1S/C25H29F3N2O2/c26-25(27,28)22-5-1-3-18(13-22)16-30-10-8-19(4-2-11-31)23(17-30)20-6-7-24-21(14-20)15-29-9-12-32-24/h1,3,5-7,11,13-14,19,23,29H,2,4,8-10,12,15-17H2. The molecule has 0 spiro atoms. The van der Waals surface area contributed by atoms with Crippen LogP contribution in [-0.4, -0.2) is 37.4 Å². The second-order valence-electron chi connectivity index (χ2n) is 8.72. The molecule has 2 unspecified atom stereocenters. The number of carbonyl (C=O) groups is 1. The molecular weight excluding hydrogens is 417 g/mol. The molecule has 0 amide bonds. The summed E-state index contributed by atoms with van der Waals surface area (Å²) in [4.78, 5) is 13.2. The van der Waals surface area contributed by atoms with Crippen LogP contribution in [0.15, 0.2) is 42.5 Å². The Balaban J connectivity index is 1.54. The Morgan fingerprint density at radius 1 is 1.19 bits per heavy atom. The van der Waals surface area contributed by atoms with E-state index in [4.69, 9.17) is 4.74 Å². The fraction of sp³-hybridized carbons (Fsp3) is 0.480. The van der Waals surface area contributed by atoms with Crippen molar-refractivity contribution in [3.05, 3.63) is 64.7 Å². The summed E-state index contributed by atoms with van der Waals surface area (Å²) in [6.07, 6.45) is -1.08. The first kappa shape index (κ1) is 22.8. The minimum absolute atomic E-state index is 0.225. The zero-order valence-corrected chi connectivity index (χ0v) is 18.0. The van der Waals surface area contributed by atoms with Gasteiger partial charge in [0.25, 0.3) is 0 Å². The number of hydrogen-bond donors (Lipinski definition) is 1. The first-order valence-electron chi connectivity index (χ1n) is 11.2. The van der Waals surface area contributed by atoms with Crippen LogP contribution in [0.5, 0.6) is 5.75 Å². The summed E-state index contributed by atoms with van der Waals surface area (Å²) < 4.78 is 45.1. The molecule has 0 saturated carbocycles. The Kier molecular flexibility index (Phi) is 7.16. The molecule has 4 nitrogen and oxygen atoms in total. The smallest absolute Gasteiger partial charge is 0.416 e. The van der Waals surface area contributed by atoms with Crippen molar-refractivity contribution in [2.24, 2.45) is 5.92 Å². The Hall–Kier alpha value is -2.38. The van der Waals surface area contributed by atoms with Crippen molar-refractivity contribution in [3.8, 4) is 5.75 Å². The molecule has 1 saturated heterocycles. The van der Waals surface area contributed by atoms with Crippen LogP contribution < -0.4 is 10.1 Å². The molecule has 0 radical (unpaired) electrons. The van der Waals surface area contributed by atoms with Gasteiger partial charge in [0, 0.05) is 38.2 Å². The largest absolute Gasteiger partial charge is 0.492 e. The molecule has 7 heteroatoms. The van der Waals surface area contributed by atoms with Crippen molar-refractivity contribution in [1.82, 2.24) is 10.2 Å². The predicted molar refractivity (Wildman–Crippen MR) is 117 cm³/mol. The molecule has 1 fully saturated rings. The Bertz CT molecular complexity index is 932. The van der Waals surface area contributed by atoms with E-state index in [2.05, 4.69) is 22.3 Å². The normalized spacial score (nSPS) is 22.0. The van der Waals surface area contributed by atoms with E-state index >= 15 is 0 Å². The van der Waals surface area contributed by atoms with Gasteiger partial charge in [-0.25, -0.2) is 0 Å². The van der Waals surface area contributed by atoms with Gasteiger partial charge in [-0.05, 0) is 54.5 Å². The first-order valence-corrected chi connectivity index (χ1v) is 11.2. The van der Waals surface area contributed by atoms with E-state index in [1.165, 1.54) is 17.7 Å². The van der Waals surface area contributed by atoms with Crippen molar-refractivity contribution in [3.63, 3.8) is 0 Å². The highest BCUT2D eigenvalue weighted by atomic mass is 19.4. The number of alkyl halides is 3. The number of fused-ring (bicyclic) bond motifs is 1. The minimum atomic E-state index is -4.33. The highest BCUT2D eigenvalue weighted by Crippen LogP contribution is 2.38. The zero-order chi connectivity index (χ0) is 22.6. The van der Waals surface area contributed by atoms with Gasteiger partial charge >= 0.3 is 6.18 Å². The van der Waals surface area contributed by atoms with Gasteiger partial charge < -0.3 is 14.8 Å². The first-order chi connectivity index (χ1) is 15.4. The zero-order valence-electron chi connectivity index (χ0n) is 18.0. The molecule has 2 aliphatic rings. The number of benzene rings is 2. The van der Waals surface area contributed by atoms with Crippen LogP contribution in [0, 0.1) is 5.92 Å². The number of halogens is 3. The van der Waals surface area contributed by atoms with Gasteiger partial charge in [0.2, 0.25) is 0 Å². The van der Waals surface area contributed by atoms with Crippen molar-refractivity contribution >= 4 is 6.29 Å². The highest BCUT2D eigenvalue weighted by Gasteiger charge is 2.32. The molecular formula is C25H29F3N2O2. The number of aldehydes is 1. The number of carbonyl (C=O) groups excluding carboxylic acids is 1. The number of piperidine rings is 1. The number of hydrogen-bond acceptors (Lipinski definition) is 4. The van der Waals surface area contributed by atoms with E-state index in [1.54, 1.807) is 6.07 Å². The van der Waals surface area contributed by atoms with Gasteiger partial charge in [-0.1, -0.05) is 30.3 Å². The summed E-state index contributed by atoms with van der Waals surface area (Å²) in [5, 5.41) is 3.36. The van der Waals surface area contributed by atoms with Crippen LogP contribution >= 0.6 is 0 Å². The van der Waals surface area contributed by atoms with Crippen molar-refractivity contribution in [2.75, 3.05) is 26.2 Å². The summed E-state index contributed by atoms with van der Waals surface area (Å²) in [5.74, 6) is 1.50. The molecule has 1 N–H and O–H groups in total. The lowest BCUT2D eigenvalue weighted by Gasteiger charge is -2.39. The molecule has 0 aromatic heterocycles. The van der Waals surface area contributed by atoms with Gasteiger partial charge in [-0.15, -0.1) is 0 Å². The fourth-order valence-electron chi connectivity index (χ4n) is 4.89. The molecule has 2 heterocycles. The maximum Gasteiger partial charge on any atom is 0.416 e. The monoisotopic (exact) mass is 446 g/mol. The van der Waals surface area contributed by atoms with E-state index in [0.29, 0.717) is 31.1 Å². The van der Waals surface area contributed by atoms with E-state index in [9.17, 15) is 18.0 Å². The molecule has 0 aliphatic carbocycles. The van der Waals surface area contributed by atoms with E-state index < -0.39 is 11.7 Å². The van der Waals surface area contributed by atoms with Crippen molar-refractivity contribution in [1.29, 1.82) is 0 Å². The summed E-state index contributed by atoms with van der Waals surface area (Å²) >= 11 is 0. The number of ether oxygens (including phenoxy) is 1. The SMILES string of the molecule is O=CCCC1CCN(Cc2cccc(C(F)(F)F)c2)CC1c1ccc2c(c1)CNCCO2. The lowest BCUT2D eigenvalue weighted by atomic mass is 9.78. The van der Waals surface area contributed by atoms with Crippen LogP contribution in [0.4, 0.5) is 13.2 Å². The number of likely N-dealkylation sites (tertiary alicyclic amines) is 1. The Labute approximate surface area is 186 Å². The Morgan fingerprint density at radius 3 is 2.88 bits per heavy atom. The second kappa shape index (κ2) is 10.0. The maximum atomic E-state index is 13.1. The van der Waals surface area contributed by atoms with Gasteiger partial charge in [0.05, 0.1) is 5.56 Å². The van der Waals surface area contributed by atoms with E-state index in [0.717, 1.165) is 62.7 Å². The number of nitrogens with zero attached hydrogens (tertiary/aromatic N) is 1. The van der Waals surface area contributed by atoms with Gasteiger partial charge in [0.1, 0.15) is 18.6 Å². The summed E-state index contributed by atoms with van der Waals surface area (Å²) in [7, 11) is 0. The van der Waals surface area contributed by atoms with Crippen LogP contribution in [0.1, 0.15) is 47.4 Å². The average molecular weight is 447 g/mol. The summed E-state index contributed by atoms with van der Waals surface area (Å²) in [5.41, 5.74) is 2.40. The van der Waals surface area contributed by atoms with Gasteiger partial charge in [0.15, 0.2) is 0 Å². The topological polar surface area (TPSA) is 41.6 Å². The lowest BCUT2D eigenvalue weighted by Crippen LogP contribution is -2.39. The van der Waals surface area contributed by atoms with E-state index in [-0.39, 0.29) is 5.92 Å². The minimum Gasteiger partial charge on any atom is -0.492 e. The summed E-state index contributed by atoms with van der Waals surface area (Å²) in [6, 6.07) is 11.9. The number of rotatable bonds is 6. The Morgan fingerprint density at radius 2 is 2.06 bits per heavy atom. The molecule has 2 aliphatic heterocycles. The highest BCUT2D eigenvalue weighted by molar-refractivity contribution is 5.49. The quantitative estimate of drug-likeness (QED) is 0.649. The summed E-state index contributed by atoms with van der Waals surface area (Å²) in [6.45, 7) is 4.25. The third kappa shape index (κ3) is 5.51. The molecule has 4 rings (SSSR count). The molecule has 2 aromatic rings. The third-order valence-electron chi connectivity index (χ3n) is 6.52. The van der Waals surface area contributed by atoms with Crippen LogP contribution in [0.25, 0.3) is 0 Å². The molecule has 32 heavy (non-hydrogen) atoms. The molecule has 0 bridgehead atoms. The predicted octanol–water partition coefficient (Wildman–Crippen LogP) is 4.77. The van der Waals surface area contributed by atoms with Gasteiger partial charge in [-0.3, -0.25) is 4.90 Å². The second-order valence-corrected chi connectivity index (χ2v) is 8.72. The van der Waals surface area contributed by atoms with E-state index in [1.807, 2.05) is 6.07 Å². The van der Waals surface area contributed by atoms with Crippen LogP contribution in [0.2, 0.25) is 0 Å². The average Bonchev–Trinajstić information content (AvgIpc) is 3.03. The van der Waals surface area contributed by atoms with Crippen LogP contribution in [0.3, 0.4) is 0 Å². The van der Waals surface area contributed by atoms with Crippen molar-refractivity contribution < 1.29 is 22.7 Å². The maximum absolute atomic E-state index is 13.1. The third-order valence-corrected chi connectivity index (χ3v) is 6.52. The number of nitrogens with one attached hydrogen (secondary N) is 1. The molecule has 172 valence electrons.